The number of carbonyl (C=O) groups is 2. The van der Waals surface area contributed by atoms with Gasteiger partial charge in [-0.1, -0.05) is 30.3 Å². The van der Waals surface area contributed by atoms with Crippen LogP contribution >= 0.6 is 15.9 Å². The van der Waals surface area contributed by atoms with E-state index in [1.54, 1.807) is 12.1 Å². The van der Waals surface area contributed by atoms with Gasteiger partial charge >= 0.3 is 0 Å². The van der Waals surface area contributed by atoms with Crippen LogP contribution < -0.4 is 20.7 Å². The molecule has 8 nitrogen and oxygen atoms in total. The molecule has 0 spiro atoms. The molecule has 3 aliphatic heterocycles. The van der Waals surface area contributed by atoms with Gasteiger partial charge in [-0.2, -0.15) is 0 Å². The van der Waals surface area contributed by atoms with Crippen molar-refractivity contribution in [3.8, 4) is 0 Å². The lowest BCUT2D eigenvalue weighted by Crippen LogP contribution is -2.53. The van der Waals surface area contributed by atoms with Crippen LogP contribution in [0.4, 0.5) is 17.1 Å². The molecule has 0 aliphatic carbocycles. The Balaban J connectivity index is 1.17. The van der Waals surface area contributed by atoms with Crippen molar-refractivity contribution in [2.75, 3.05) is 47.8 Å². The van der Waals surface area contributed by atoms with Crippen LogP contribution in [0.5, 0.6) is 0 Å². The average Bonchev–Trinajstić information content (AvgIpc) is 3.05. The predicted molar refractivity (Wildman–Crippen MR) is 186 cm³/mol. The van der Waals surface area contributed by atoms with Crippen molar-refractivity contribution in [2.45, 2.75) is 38.8 Å². The van der Waals surface area contributed by atoms with E-state index in [4.69, 9.17) is 0 Å². The fraction of sp³-hybridized carbons (Fsp3) is 0.324. The number of piperidine rings is 1. The molecule has 0 radical (unpaired) electrons. The number of amides is 2. The maximum atomic E-state index is 14.0. The van der Waals surface area contributed by atoms with Gasteiger partial charge in [-0.05, 0) is 96.2 Å². The Labute approximate surface area is 277 Å². The largest absolute Gasteiger partial charge is 0.369 e. The number of aromatic nitrogens is 1. The minimum absolute atomic E-state index is 0.0394. The number of fused-ring (bicyclic) bond motifs is 4. The van der Waals surface area contributed by atoms with E-state index in [1.165, 1.54) is 11.3 Å². The molecular formula is C37H38BrN5O3. The molecule has 236 valence electrons. The van der Waals surface area contributed by atoms with Crippen molar-refractivity contribution in [3.63, 3.8) is 0 Å². The van der Waals surface area contributed by atoms with E-state index >= 15 is 0 Å². The molecule has 9 heteroatoms. The third-order valence-corrected chi connectivity index (χ3v) is 10.4. The summed E-state index contributed by atoms with van der Waals surface area (Å²) in [5.41, 5.74) is 6.10. The first-order valence-corrected chi connectivity index (χ1v) is 16.8. The summed E-state index contributed by atoms with van der Waals surface area (Å²) in [5, 5.41) is 3.15. The fourth-order valence-electron chi connectivity index (χ4n) is 7.49. The number of hydrogen-bond donors (Lipinski definition) is 1. The molecule has 46 heavy (non-hydrogen) atoms. The Morgan fingerprint density at radius 2 is 1.70 bits per heavy atom. The zero-order valence-electron chi connectivity index (χ0n) is 26.2. The number of nitrogens with one attached hydrogen (secondary N) is 1. The van der Waals surface area contributed by atoms with Crippen molar-refractivity contribution in [1.29, 1.82) is 0 Å². The van der Waals surface area contributed by atoms with Crippen molar-refractivity contribution >= 4 is 44.8 Å². The highest BCUT2D eigenvalue weighted by Crippen LogP contribution is 2.40. The standard InChI is InChI=1S/C37H38BrN5O3/c1-24-7-5-8-29(17-24)42-16-15-40(20-25(42)2)37(46)27-13-14-34(32(19-27)39-36(45)30-9-3-4-10-31(30)38)41-21-26-18-28(23-41)33-11-6-12-35(44)43(33)22-26/h3-14,17,19,25-26,28H,15-16,18,20-23H2,1-2H3,(H,39,45)/t25-,26+,28-/m0/s1. The highest BCUT2D eigenvalue weighted by atomic mass is 79.9. The van der Waals surface area contributed by atoms with Gasteiger partial charge in [0.25, 0.3) is 17.4 Å². The van der Waals surface area contributed by atoms with Crippen LogP contribution in [0.25, 0.3) is 0 Å². The molecule has 7 rings (SSSR count). The lowest BCUT2D eigenvalue weighted by molar-refractivity contribution is 0.0726. The number of carbonyl (C=O) groups excluding carboxylic acids is 2. The van der Waals surface area contributed by atoms with Gasteiger partial charge in [0.1, 0.15) is 0 Å². The highest BCUT2D eigenvalue weighted by molar-refractivity contribution is 9.10. The van der Waals surface area contributed by atoms with Gasteiger partial charge in [-0.3, -0.25) is 14.4 Å². The number of nitrogens with zero attached hydrogens (tertiary/aromatic N) is 4. The minimum Gasteiger partial charge on any atom is -0.369 e. The minimum atomic E-state index is -0.243. The topological polar surface area (TPSA) is 77.9 Å². The molecule has 1 aromatic heterocycles. The Kier molecular flexibility index (Phi) is 8.19. The second kappa shape index (κ2) is 12.4. The first kappa shape index (κ1) is 30.3. The van der Waals surface area contributed by atoms with Gasteiger partial charge in [0, 0.05) is 78.7 Å². The molecule has 0 saturated carbocycles. The molecule has 4 aromatic rings. The normalized spacial score (nSPS) is 20.7. The summed E-state index contributed by atoms with van der Waals surface area (Å²) in [7, 11) is 0. The van der Waals surface area contributed by atoms with Crippen LogP contribution in [0.15, 0.2) is 94.2 Å². The average molecular weight is 681 g/mol. The molecule has 2 amide bonds. The summed E-state index contributed by atoms with van der Waals surface area (Å²) >= 11 is 3.52. The van der Waals surface area contributed by atoms with E-state index < -0.39 is 0 Å². The van der Waals surface area contributed by atoms with Crippen LogP contribution in [0.2, 0.25) is 0 Å². The van der Waals surface area contributed by atoms with Gasteiger partial charge in [0.15, 0.2) is 0 Å². The third kappa shape index (κ3) is 5.84. The quantitative estimate of drug-likeness (QED) is 0.274. The maximum Gasteiger partial charge on any atom is 0.256 e. The number of pyridine rings is 1. The first-order chi connectivity index (χ1) is 22.2. The second-order valence-electron chi connectivity index (χ2n) is 12.9. The van der Waals surface area contributed by atoms with E-state index in [0.29, 0.717) is 46.8 Å². The van der Waals surface area contributed by atoms with E-state index in [2.05, 4.69) is 75.2 Å². The SMILES string of the molecule is Cc1cccc(N2CCN(C(=O)c3ccc(N4C[C@H]5C[C@@H](C4)c4cccc(=O)n4C5)c(NC(=O)c4ccccc4Br)c3)C[C@@H]2C)c1. The number of hydrogen-bond acceptors (Lipinski definition) is 5. The zero-order valence-corrected chi connectivity index (χ0v) is 27.7. The first-order valence-electron chi connectivity index (χ1n) is 16.0. The molecule has 2 bridgehead atoms. The molecular weight excluding hydrogens is 642 g/mol. The van der Waals surface area contributed by atoms with Crippen molar-refractivity contribution in [3.05, 3.63) is 122 Å². The maximum absolute atomic E-state index is 14.0. The van der Waals surface area contributed by atoms with Gasteiger partial charge in [0.05, 0.1) is 16.9 Å². The molecule has 2 saturated heterocycles. The number of halogens is 1. The van der Waals surface area contributed by atoms with Crippen molar-refractivity contribution in [1.82, 2.24) is 9.47 Å². The van der Waals surface area contributed by atoms with Crippen LogP contribution in [0.1, 0.15) is 51.2 Å². The van der Waals surface area contributed by atoms with Gasteiger partial charge in [-0.25, -0.2) is 0 Å². The zero-order chi connectivity index (χ0) is 31.9. The lowest BCUT2D eigenvalue weighted by Gasteiger charge is -2.44. The Morgan fingerprint density at radius 3 is 2.50 bits per heavy atom. The number of benzene rings is 3. The van der Waals surface area contributed by atoms with Crippen molar-refractivity contribution < 1.29 is 9.59 Å². The summed E-state index contributed by atoms with van der Waals surface area (Å²) in [5.74, 6) is 0.238. The molecule has 0 unspecified atom stereocenters. The van der Waals surface area contributed by atoms with Crippen LogP contribution in [0, 0.1) is 12.8 Å². The van der Waals surface area contributed by atoms with Gasteiger partial charge in [0.2, 0.25) is 0 Å². The molecule has 2 fully saturated rings. The second-order valence-corrected chi connectivity index (χ2v) is 13.8. The molecule has 3 aromatic carbocycles. The predicted octanol–water partition coefficient (Wildman–Crippen LogP) is 6.15. The fourth-order valence-corrected chi connectivity index (χ4v) is 7.95. The number of aryl methyl sites for hydroxylation is 1. The van der Waals surface area contributed by atoms with Gasteiger partial charge < -0.3 is 24.6 Å². The monoisotopic (exact) mass is 679 g/mol. The molecule has 3 aliphatic rings. The molecule has 3 atom stereocenters. The highest BCUT2D eigenvalue weighted by Gasteiger charge is 2.36. The van der Waals surface area contributed by atoms with E-state index in [1.807, 2.05) is 51.9 Å². The van der Waals surface area contributed by atoms with Crippen molar-refractivity contribution in [2.24, 2.45) is 5.92 Å². The summed E-state index contributed by atoms with van der Waals surface area (Å²) in [4.78, 5) is 46.7. The summed E-state index contributed by atoms with van der Waals surface area (Å²) in [6, 6.07) is 27.3. The summed E-state index contributed by atoms with van der Waals surface area (Å²) in [6.07, 6.45) is 1.03. The summed E-state index contributed by atoms with van der Waals surface area (Å²) in [6.45, 7) is 8.41. The smallest absolute Gasteiger partial charge is 0.256 e. The Morgan fingerprint density at radius 1 is 0.870 bits per heavy atom. The number of rotatable bonds is 5. The van der Waals surface area contributed by atoms with Gasteiger partial charge in [-0.15, -0.1) is 0 Å². The molecule has 1 N–H and O–H groups in total. The number of piperazine rings is 1. The van der Waals surface area contributed by atoms with E-state index in [-0.39, 0.29) is 29.3 Å². The van der Waals surface area contributed by atoms with Crippen LogP contribution in [0.3, 0.4) is 0 Å². The Hall–Kier alpha value is -4.37. The third-order valence-electron chi connectivity index (χ3n) is 9.68. The lowest BCUT2D eigenvalue weighted by atomic mass is 9.83. The number of anilines is 3. The van der Waals surface area contributed by atoms with E-state index in [0.717, 1.165) is 37.4 Å². The van der Waals surface area contributed by atoms with Crippen LogP contribution in [-0.2, 0) is 6.54 Å². The summed E-state index contributed by atoms with van der Waals surface area (Å²) < 4.78 is 2.63. The Bertz CT molecular complexity index is 1870. The van der Waals surface area contributed by atoms with Crippen LogP contribution in [-0.4, -0.2) is 60.0 Å². The van der Waals surface area contributed by atoms with E-state index in [9.17, 15) is 14.4 Å². The molecule has 4 heterocycles.